The number of benzene rings is 2. The van der Waals surface area contributed by atoms with Crippen molar-refractivity contribution in [2.45, 2.75) is 25.7 Å². The fourth-order valence-corrected chi connectivity index (χ4v) is 3.10. The molecule has 2 rings (SSSR count). The molecule has 0 saturated heterocycles. The number of phenols is 1. The van der Waals surface area contributed by atoms with Crippen LogP contribution in [0.4, 0.5) is 11.4 Å². The monoisotopic (exact) mass is 362 g/mol. The molecule has 0 atom stereocenters. The van der Waals surface area contributed by atoms with E-state index in [0.29, 0.717) is 16.8 Å². The van der Waals surface area contributed by atoms with Crippen molar-refractivity contribution >= 4 is 27.7 Å². The predicted molar refractivity (Wildman–Crippen MR) is 96.6 cm³/mol. The van der Waals surface area contributed by atoms with Gasteiger partial charge in [0.05, 0.1) is 10.5 Å². The van der Waals surface area contributed by atoms with Crippen LogP contribution >= 0.6 is 0 Å². The van der Waals surface area contributed by atoms with E-state index in [9.17, 15) is 18.1 Å². The summed E-state index contributed by atoms with van der Waals surface area (Å²) in [6.45, 7) is 7.51. The molecule has 2 aromatic rings. The first-order chi connectivity index (χ1) is 11.8. The maximum atomic E-state index is 11.0. The van der Waals surface area contributed by atoms with Crippen molar-refractivity contribution < 1.29 is 23.1 Å². The van der Waals surface area contributed by atoms with E-state index in [-0.39, 0.29) is 10.6 Å². The SMILES string of the molecule is CCN(CC)c1ccc(C=[NH+]c2ccc(S(=O)(=O)[O-])cc2C)c(O)c1. The molecular weight excluding hydrogens is 340 g/mol. The second-order valence-electron chi connectivity index (χ2n) is 5.63. The van der Waals surface area contributed by atoms with E-state index < -0.39 is 10.1 Å². The van der Waals surface area contributed by atoms with Gasteiger partial charge in [-0.1, -0.05) is 0 Å². The molecule has 6 nitrogen and oxygen atoms in total. The second kappa shape index (κ2) is 7.67. The lowest BCUT2D eigenvalue weighted by molar-refractivity contribution is -0.347. The number of aryl methyl sites for hydroxylation is 1. The summed E-state index contributed by atoms with van der Waals surface area (Å²) >= 11 is 0. The van der Waals surface area contributed by atoms with Gasteiger partial charge in [0, 0.05) is 36.5 Å². The Bertz CT molecular complexity index is 888. The third-order valence-electron chi connectivity index (χ3n) is 4.01. The van der Waals surface area contributed by atoms with Crippen molar-refractivity contribution in [3.05, 3.63) is 47.5 Å². The Hall–Kier alpha value is -2.38. The van der Waals surface area contributed by atoms with Gasteiger partial charge in [-0.3, -0.25) is 0 Å². The number of nitrogens with zero attached hydrogens (tertiary/aromatic N) is 1. The van der Waals surface area contributed by atoms with Gasteiger partial charge in [-0.2, -0.15) is 0 Å². The predicted octanol–water partition coefficient (Wildman–Crippen LogP) is 1.28. The Morgan fingerprint density at radius 3 is 2.36 bits per heavy atom. The van der Waals surface area contributed by atoms with Crippen molar-refractivity contribution in [1.82, 2.24) is 0 Å². The lowest BCUT2D eigenvalue weighted by Gasteiger charge is -2.21. The van der Waals surface area contributed by atoms with Gasteiger partial charge < -0.3 is 14.6 Å². The highest BCUT2D eigenvalue weighted by Gasteiger charge is 2.10. The van der Waals surface area contributed by atoms with Gasteiger partial charge in [-0.25, -0.2) is 13.4 Å². The number of hydrogen-bond acceptors (Lipinski definition) is 5. The summed E-state index contributed by atoms with van der Waals surface area (Å²) in [7, 11) is -4.47. The number of aromatic hydroxyl groups is 1. The Kier molecular flexibility index (Phi) is 5.81. The summed E-state index contributed by atoms with van der Waals surface area (Å²) in [5, 5.41) is 10.2. The van der Waals surface area contributed by atoms with E-state index in [2.05, 4.69) is 23.7 Å². The number of phenolic OH excluding ortho intramolecular Hbond substituents is 1. The van der Waals surface area contributed by atoms with Crippen molar-refractivity contribution in [3.63, 3.8) is 0 Å². The van der Waals surface area contributed by atoms with Crippen LogP contribution in [0.2, 0.25) is 0 Å². The molecule has 0 heterocycles. The molecule has 0 saturated carbocycles. The van der Waals surface area contributed by atoms with Crippen LogP contribution < -0.4 is 9.89 Å². The van der Waals surface area contributed by atoms with E-state index in [1.165, 1.54) is 18.2 Å². The third-order valence-corrected chi connectivity index (χ3v) is 4.84. The zero-order valence-electron chi connectivity index (χ0n) is 14.5. The number of nitrogens with one attached hydrogen (secondary N) is 1. The molecule has 0 aliphatic rings. The Morgan fingerprint density at radius 1 is 1.16 bits per heavy atom. The lowest BCUT2D eigenvalue weighted by Crippen LogP contribution is -2.62. The molecule has 0 bridgehead atoms. The molecule has 0 radical (unpaired) electrons. The first kappa shape index (κ1) is 19.0. The zero-order valence-corrected chi connectivity index (χ0v) is 15.3. The molecule has 0 aromatic heterocycles. The van der Waals surface area contributed by atoms with Crippen molar-refractivity contribution in [2.24, 2.45) is 0 Å². The van der Waals surface area contributed by atoms with Crippen LogP contribution in [0.15, 0.2) is 41.3 Å². The summed E-state index contributed by atoms with van der Waals surface area (Å²) in [6, 6.07) is 9.55. The van der Waals surface area contributed by atoms with E-state index in [1.54, 1.807) is 19.2 Å². The van der Waals surface area contributed by atoms with Crippen molar-refractivity contribution in [2.75, 3.05) is 18.0 Å². The Labute approximate surface area is 148 Å². The van der Waals surface area contributed by atoms with Crippen LogP contribution in [-0.2, 0) is 10.1 Å². The minimum atomic E-state index is -4.47. The molecule has 0 fully saturated rings. The molecule has 0 aliphatic heterocycles. The van der Waals surface area contributed by atoms with Crippen LogP contribution in [0.5, 0.6) is 5.75 Å². The van der Waals surface area contributed by atoms with Crippen LogP contribution in [0.1, 0.15) is 25.0 Å². The number of hydrogen-bond donors (Lipinski definition) is 2. The Balaban J connectivity index is 2.28. The second-order valence-corrected chi connectivity index (χ2v) is 7.01. The zero-order chi connectivity index (χ0) is 18.6. The standard InChI is InChI=1S/C18H22N2O4S/c1-4-20(5-2)15-7-6-14(18(21)11-15)12-19-17-9-8-16(10-13(17)3)25(22,23)24/h6-12,21H,4-5H2,1-3H3,(H,22,23,24). The van der Waals surface area contributed by atoms with Gasteiger partial charge in [0.25, 0.3) is 0 Å². The molecule has 2 N–H and O–H groups in total. The average Bonchev–Trinajstić information content (AvgIpc) is 2.55. The summed E-state index contributed by atoms with van der Waals surface area (Å²) in [6.07, 6.45) is 1.63. The maximum absolute atomic E-state index is 11.0. The highest BCUT2D eigenvalue weighted by Crippen LogP contribution is 2.23. The molecule has 134 valence electrons. The maximum Gasteiger partial charge on any atom is 0.206 e. The van der Waals surface area contributed by atoms with E-state index in [4.69, 9.17) is 0 Å². The highest BCUT2D eigenvalue weighted by atomic mass is 32.2. The van der Waals surface area contributed by atoms with Crippen LogP contribution in [0.3, 0.4) is 0 Å². The van der Waals surface area contributed by atoms with Crippen LogP contribution in [0, 0.1) is 6.92 Å². The minimum Gasteiger partial charge on any atom is -0.744 e. The largest absolute Gasteiger partial charge is 0.744 e. The highest BCUT2D eigenvalue weighted by molar-refractivity contribution is 7.85. The topological polar surface area (TPSA) is 94.6 Å². The van der Waals surface area contributed by atoms with E-state index >= 15 is 0 Å². The summed E-state index contributed by atoms with van der Waals surface area (Å²) in [5.41, 5.74) is 2.82. The normalized spacial score (nSPS) is 11.8. The quantitative estimate of drug-likeness (QED) is 0.596. The fraction of sp³-hybridized carbons (Fsp3) is 0.278. The first-order valence-corrected chi connectivity index (χ1v) is 9.41. The lowest BCUT2D eigenvalue weighted by atomic mass is 10.1. The summed E-state index contributed by atoms with van der Waals surface area (Å²) < 4.78 is 33.1. The molecule has 0 amide bonds. The van der Waals surface area contributed by atoms with Gasteiger partial charge in [-0.15, -0.1) is 0 Å². The summed E-state index contributed by atoms with van der Waals surface area (Å²) in [5.74, 6) is 0.147. The van der Waals surface area contributed by atoms with Crippen LogP contribution in [-0.4, -0.2) is 37.4 Å². The third kappa shape index (κ3) is 4.58. The molecule has 7 heteroatoms. The molecule has 25 heavy (non-hydrogen) atoms. The van der Waals surface area contributed by atoms with Gasteiger partial charge in [0.2, 0.25) is 5.69 Å². The van der Waals surface area contributed by atoms with E-state index in [1.807, 2.05) is 12.1 Å². The average molecular weight is 362 g/mol. The molecule has 0 spiro atoms. The molecule has 2 aromatic carbocycles. The van der Waals surface area contributed by atoms with Gasteiger partial charge in [0.1, 0.15) is 15.9 Å². The van der Waals surface area contributed by atoms with E-state index in [0.717, 1.165) is 18.8 Å². The number of rotatable bonds is 6. The first-order valence-electron chi connectivity index (χ1n) is 8.00. The van der Waals surface area contributed by atoms with Crippen LogP contribution in [0.25, 0.3) is 0 Å². The van der Waals surface area contributed by atoms with Gasteiger partial charge in [-0.05, 0) is 45.0 Å². The van der Waals surface area contributed by atoms with Crippen molar-refractivity contribution in [1.29, 1.82) is 0 Å². The smallest absolute Gasteiger partial charge is 0.206 e. The van der Waals surface area contributed by atoms with Crippen molar-refractivity contribution in [3.8, 4) is 5.75 Å². The molecule has 0 unspecified atom stereocenters. The molecule has 0 aliphatic carbocycles. The van der Waals surface area contributed by atoms with Gasteiger partial charge >= 0.3 is 0 Å². The minimum absolute atomic E-state index is 0.147. The summed E-state index contributed by atoms with van der Waals surface area (Å²) in [4.78, 5) is 4.90. The van der Waals surface area contributed by atoms with Gasteiger partial charge in [0.15, 0.2) is 6.21 Å². The molecular formula is C18H22N2O4S. The fourth-order valence-electron chi connectivity index (χ4n) is 2.55. The number of anilines is 1. The Morgan fingerprint density at radius 2 is 1.84 bits per heavy atom.